The van der Waals surface area contributed by atoms with Crippen LogP contribution in [-0.4, -0.2) is 24.5 Å². The van der Waals surface area contributed by atoms with E-state index in [-0.39, 0.29) is 11.8 Å². The molecule has 2 N–H and O–H groups in total. The van der Waals surface area contributed by atoms with Gasteiger partial charge in [0.1, 0.15) is 0 Å². The van der Waals surface area contributed by atoms with Gasteiger partial charge in [-0.05, 0) is 26.8 Å². The zero-order chi connectivity index (χ0) is 9.90. The quantitative estimate of drug-likeness (QED) is 0.593. The monoisotopic (exact) mass is 180 g/mol. The van der Waals surface area contributed by atoms with E-state index in [1.807, 2.05) is 13.8 Å². The molecule has 0 aromatic rings. The lowest BCUT2D eigenvalue weighted by Crippen LogP contribution is -2.45. The Morgan fingerprint density at radius 2 is 2.38 bits per heavy atom. The van der Waals surface area contributed by atoms with Gasteiger partial charge < -0.3 is 10.6 Å². The maximum absolute atomic E-state index is 11.6. The molecule has 1 amide bonds. The maximum Gasteiger partial charge on any atom is 0.225 e. The molecule has 1 fully saturated rings. The third kappa shape index (κ3) is 2.74. The zero-order valence-corrected chi connectivity index (χ0v) is 8.18. The summed E-state index contributed by atoms with van der Waals surface area (Å²) in [6.07, 6.45) is 6.18. The summed E-state index contributed by atoms with van der Waals surface area (Å²) in [5.74, 6) is 2.70. The highest BCUT2D eigenvalue weighted by Crippen LogP contribution is 2.09. The first-order valence-electron chi connectivity index (χ1n) is 4.56. The molecule has 0 spiro atoms. The molecule has 1 saturated heterocycles. The lowest BCUT2D eigenvalue weighted by molar-refractivity contribution is -0.125. The smallest absolute Gasteiger partial charge is 0.225 e. The van der Waals surface area contributed by atoms with Gasteiger partial charge in [0.2, 0.25) is 5.91 Å². The minimum atomic E-state index is -0.528. The van der Waals surface area contributed by atoms with E-state index >= 15 is 0 Å². The molecule has 1 heterocycles. The van der Waals surface area contributed by atoms with E-state index in [2.05, 4.69) is 16.6 Å². The van der Waals surface area contributed by atoms with Gasteiger partial charge in [-0.15, -0.1) is 6.42 Å². The molecule has 1 atom stereocenters. The fraction of sp³-hybridized carbons (Fsp3) is 0.700. The first-order chi connectivity index (χ1) is 6.05. The van der Waals surface area contributed by atoms with Gasteiger partial charge in [-0.3, -0.25) is 4.79 Å². The molecule has 1 unspecified atom stereocenters. The molecule has 1 rings (SSSR count). The third-order valence-corrected chi connectivity index (χ3v) is 2.23. The van der Waals surface area contributed by atoms with Gasteiger partial charge in [0.25, 0.3) is 0 Å². The van der Waals surface area contributed by atoms with Crippen LogP contribution >= 0.6 is 0 Å². The average Bonchev–Trinajstić information content (AvgIpc) is 2.55. The molecule has 3 heteroatoms. The second kappa shape index (κ2) is 3.80. The fourth-order valence-electron chi connectivity index (χ4n) is 1.32. The second-order valence-electron chi connectivity index (χ2n) is 3.95. The van der Waals surface area contributed by atoms with E-state index < -0.39 is 5.54 Å². The van der Waals surface area contributed by atoms with Crippen molar-refractivity contribution in [2.75, 3.05) is 13.1 Å². The van der Waals surface area contributed by atoms with Gasteiger partial charge in [-0.2, -0.15) is 0 Å². The highest BCUT2D eigenvalue weighted by atomic mass is 16.2. The van der Waals surface area contributed by atoms with Crippen LogP contribution in [-0.2, 0) is 4.79 Å². The van der Waals surface area contributed by atoms with Gasteiger partial charge in [-0.25, -0.2) is 0 Å². The minimum absolute atomic E-state index is 0.0629. The van der Waals surface area contributed by atoms with Crippen LogP contribution in [0.2, 0.25) is 0 Å². The van der Waals surface area contributed by atoms with Gasteiger partial charge >= 0.3 is 0 Å². The van der Waals surface area contributed by atoms with Crippen molar-refractivity contribution < 1.29 is 4.79 Å². The Labute approximate surface area is 79.3 Å². The highest BCUT2D eigenvalue weighted by Gasteiger charge is 2.26. The molecule has 0 aromatic carbocycles. The molecule has 1 aliphatic heterocycles. The summed E-state index contributed by atoms with van der Waals surface area (Å²) in [6, 6.07) is 0. The number of carbonyl (C=O) groups excluding carboxylic acids is 1. The van der Waals surface area contributed by atoms with Crippen LogP contribution in [0.3, 0.4) is 0 Å². The van der Waals surface area contributed by atoms with Crippen molar-refractivity contribution >= 4 is 5.91 Å². The van der Waals surface area contributed by atoms with Crippen LogP contribution in [0.4, 0.5) is 0 Å². The lowest BCUT2D eigenvalue weighted by Gasteiger charge is -2.21. The predicted octanol–water partition coefficient (Wildman–Crippen LogP) is 0.124. The summed E-state index contributed by atoms with van der Waals surface area (Å²) in [6.45, 7) is 5.35. The molecule has 13 heavy (non-hydrogen) atoms. The van der Waals surface area contributed by atoms with Gasteiger partial charge in [0.05, 0.1) is 11.5 Å². The molecule has 0 saturated carbocycles. The topological polar surface area (TPSA) is 41.1 Å². The Kier molecular flexibility index (Phi) is 2.94. The molecule has 0 radical (unpaired) electrons. The number of amides is 1. The van der Waals surface area contributed by atoms with Crippen molar-refractivity contribution in [1.82, 2.24) is 10.6 Å². The van der Waals surface area contributed by atoms with Crippen molar-refractivity contribution in [3.63, 3.8) is 0 Å². The van der Waals surface area contributed by atoms with E-state index in [1.165, 1.54) is 0 Å². The number of hydrogen-bond acceptors (Lipinski definition) is 2. The van der Waals surface area contributed by atoms with Crippen LogP contribution in [0.1, 0.15) is 20.3 Å². The van der Waals surface area contributed by atoms with E-state index in [0.717, 1.165) is 19.5 Å². The van der Waals surface area contributed by atoms with Crippen LogP contribution in [0.25, 0.3) is 0 Å². The molecular formula is C10H16N2O. The lowest BCUT2D eigenvalue weighted by atomic mass is 10.0. The second-order valence-corrected chi connectivity index (χ2v) is 3.95. The van der Waals surface area contributed by atoms with E-state index in [1.54, 1.807) is 0 Å². The number of nitrogens with one attached hydrogen (secondary N) is 2. The highest BCUT2D eigenvalue weighted by molar-refractivity contribution is 5.80. The summed E-state index contributed by atoms with van der Waals surface area (Å²) >= 11 is 0. The largest absolute Gasteiger partial charge is 0.340 e. The number of hydrogen-bond donors (Lipinski definition) is 2. The molecule has 0 aliphatic carbocycles. The number of rotatable bonds is 2. The Morgan fingerprint density at radius 3 is 2.85 bits per heavy atom. The molecule has 0 bridgehead atoms. The van der Waals surface area contributed by atoms with E-state index in [4.69, 9.17) is 6.42 Å². The van der Waals surface area contributed by atoms with Gasteiger partial charge in [-0.1, -0.05) is 5.92 Å². The summed E-state index contributed by atoms with van der Waals surface area (Å²) in [4.78, 5) is 11.6. The first-order valence-corrected chi connectivity index (χ1v) is 4.56. The SMILES string of the molecule is C#CC(C)(C)NC(=O)C1CCNC1. The standard InChI is InChI=1S/C10H16N2O/c1-4-10(2,3)12-9(13)8-5-6-11-7-8/h1,8,11H,5-7H2,2-3H3,(H,12,13). The molecule has 72 valence electrons. The normalized spacial score (nSPS) is 22.4. The summed E-state index contributed by atoms with van der Waals surface area (Å²) in [5.41, 5.74) is -0.528. The summed E-state index contributed by atoms with van der Waals surface area (Å²) in [7, 11) is 0. The average molecular weight is 180 g/mol. The minimum Gasteiger partial charge on any atom is -0.340 e. The fourth-order valence-corrected chi connectivity index (χ4v) is 1.32. The number of terminal acetylenes is 1. The van der Waals surface area contributed by atoms with Crippen molar-refractivity contribution in [2.24, 2.45) is 5.92 Å². The Morgan fingerprint density at radius 1 is 1.69 bits per heavy atom. The summed E-state index contributed by atoms with van der Waals surface area (Å²) < 4.78 is 0. The van der Waals surface area contributed by atoms with Crippen LogP contribution < -0.4 is 10.6 Å². The molecule has 3 nitrogen and oxygen atoms in total. The van der Waals surface area contributed by atoms with Crippen LogP contribution in [0, 0.1) is 18.3 Å². The predicted molar refractivity (Wildman–Crippen MR) is 52.0 cm³/mol. The van der Waals surface area contributed by atoms with Crippen molar-refractivity contribution in [2.45, 2.75) is 25.8 Å². The van der Waals surface area contributed by atoms with Gasteiger partial charge in [0, 0.05) is 6.54 Å². The zero-order valence-electron chi connectivity index (χ0n) is 8.18. The Bertz CT molecular complexity index is 234. The van der Waals surface area contributed by atoms with Gasteiger partial charge in [0.15, 0.2) is 0 Å². The van der Waals surface area contributed by atoms with Crippen molar-refractivity contribution in [3.8, 4) is 12.3 Å². The van der Waals surface area contributed by atoms with Crippen molar-refractivity contribution in [1.29, 1.82) is 0 Å². The van der Waals surface area contributed by atoms with E-state index in [9.17, 15) is 4.79 Å². The Hall–Kier alpha value is -1.01. The van der Waals surface area contributed by atoms with Crippen LogP contribution in [0.15, 0.2) is 0 Å². The van der Waals surface area contributed by atoms with Crippen molar-refractivity contribution in [3.05, 3.63) is 0 Å². The molecular weight excluding hydrogens is 164 g/mol. The van der Waals surface area contributed by atoms with Crippen LogP contribution in [0.5, 0.6) is 0 Å². The molecule has 1 aliphatic rings. The Balaban J connectivity index is 2.45. The third-order valence-electron chi connectivity index (χ3n) is 2.23. The molecule has 0 aromatic heterocycles. The van der Waals surface area contributed by atoms with E-state index in [0.29, 0.717) is 0 Å². The first kappa shape index (κ1) is 10.1. The number of carbonyl (C=O) groups is 1. The summed E-state index contributed by atoms with van der Waals surface area (Å²) in [5, 5.41) is 5.98. The maximum atomic E-state index is 11.6.